The second kappa shape index (κ2) is 5.11. The van der Waals surface area contributed by atoms with E-state index in [9.17, 15) is 9.50 Å². The molecular formula is C15H15FO. The SMILES string of the molecule is CCc1ccccc1C(O)c1ccccc1F. The van der Waals surface area contributed by atoms with Crippen molar-refractivity contribution in [3.05, 3.63) is 71.0 Å². The molecule has 0 saturated carbocycles. The summed E-state index contributed by atoms with van der Waals surface area (Å²) in [5, 5.41) is 10.2. The Hall–Kier alpha value is -1.67. The molecule has 0 fully saturated rings. The van der Waals surface area contributed by atoms with Crippen LogP contribution in [0.2, 0.25) is 0 Å². The highest BCUT2D eigenvalue weighted by Gasteiger charge is 2.16. The first-order chi connectivity index (χ1) is 8.24. The van der Waals surface area contributed by atoms with E-state index >= 15 is 0 Å². The smallest absolute Gasteiger partial charge is 0.129 e. The maximum absolute atomic E-state index is 13.6. The molecule has 0 radical (unpaired) electrons. The summed E-state index contributed by atoms with van der Waals surface area (Å²) in [6.07, 6.45) is -0.0749. The van der Waals surface area contributed by atoms with Crippen molar-refractivity contribution in [2.75, 3.05) is 0 Å². The van der Waals surface area contributed by atoms with Gasteiger partial charge < -0.3 is 5.11 Å². The van der Waals surface area contributed by atoms with Crippen LogP contribution in [0.5, 0.6) is 0 Å². The zero-order chi connectivity index (χ0) is 12.3. The second-order valence-corrected chi connectivity index (χ2v) is 3.98. The highest BCUT2D eigenvalue weighted by molar-refractivity contribution is 5.36. The normalized spacial score (nSPS) is 12.4. The number of aryl methyl sites for hydroxylation is 1. The molecule has 1 atom stereocenters. The molecule has 2 rings (SSSR count). The Labute approximate surface area is 101 Å². The lowest BCUT2D eigenvalue weighted by atomic mass is 9.95. The summed E-state index contributed by atoms with van der Waals surface area (Å²) in [6.45, 7) is 2.02. The number of aliphatic hydroxyl groups excluding tert-OH is 1. The predicted octanol–water partition coefficient (Wildman–Crippen LogP) is 3.47. The second-order valence-electron chi connectivity index (χ2n) is 3.98. The van der Waals surface area contributed by atoms with Gasteiger partial charge in [0.2, 0.25) is 0 Å². The maximum Gasteiger partial charge on any atom is 0.129 e. The van der Waals surface area contributed by atoms with Crippen LogP contribution in [0.3, 0.4) is 0 Å². The van der Waals surface area contributed by atoms with Gasteiger partial charge in [0.1, 0.15) is 11.9 Å². The molecular weight excluding hydrogens is 215 g/mol. The lowest BCUT2D eigenvalue weighted by Crippen LogP contribution is -2.05. The number of benzene rings is 2. The van der Waals surface area contributed by atoms with Gasteiger partial charge in [0.15, 0.2) is 0 Å². The fourth-order valence-electron chi connectivity index (χ4n) is 1.99. The fourth-order valence-corrected chi connectivity index (χ4v) is 1.99. The van der Waals surface area contributed by atoms with Crippen LogP contribution >= 0.6 is 0 Å². The molecule has 0 saturated heterocycles. The molecule has 0 bridgehead atoms. The van der Waals surface area contributed by atoms with Crippen molar-refractivity contribution in [2.45, 2.75) is 19.4 Å². The van der Waals surface area contributed by atoms with E-state index < -0.39 is 6.10 Å². The number of hydrogen-bond acceptors (Lipinski definition) is 1. The van der Waals surface area contributed by atoms with Crippen molar-refractivity contribution in [1.82, 2.24) is 0 Å². The third kappa shape index (κ3) is 2.37. The highest BCUT2D eigenvalue weighted by atomic mass is 19.1. The molecule has 2 aromatic carbocycles. The first kappa shape index (κ1) is 11.8. The average molecular weight is 230 g/mol. The number of rotatable bonds is 3. The summed E-state index contributed by atoms with van der Waals surface area (Å²) in [4.78, 5) is 0. The van der Waals surface area contributed by atoms with Gasteiger partial charge in [-0.2, -0.15) is 0 Å². The zero-order valence-corrected chi connectivity index (χ0v) is 9.73. The third-order valence-electron chi connectivity index (χ3n) is 2.93. The van der Waals surface area contributed by atoms with E-state index in [2.05, 4.69) is 0 Å². The van der Waals surface area contributed by atoms with Crippen molar-refractivity contribution in [2.24, 2.45) is 0 Å². The Morgan fingerprint density at radius 1 is 1.00 bits per heavy atom. The highest BCUT2D eigenvalue weighted by Crippen LogP contribution is 2.26. The van der Waals surface area contributed by atoms with E-state index in [-0.39, 0.29) is 5.82 Å². The summed E-state index contributed by atoms with van der Waals surface area (Å²) >= 11 is 0. The standard InChI is InChI=1S/C15H15FO/c1-2-11-7-3-4-8-12(11)15(17)13-9-5-6-10-14(13)16/h3-10,15,17H,2H2,1H3. The van der Waals surface area contributed by atoms with Crippen LogP contribution in [0.1, 0.15) is 29.7 Å². The molecule has 0 amide bonds. The van der Waals surface area contributed by atoms with Crippen molar-refractivity contribution in [1.29, 1.82) is 0 Å². The molecule has 88 valence electrons. The van der Waals surface area contributed by atoms with E-state index in [0.29, 0.717) is 5.56 Å². The molecule has 2 heteroatoms. The number of hydrogen-bond donors (Lipinski definition) is 1. The Balaban J connectivity index is 2.44. The molecule has 17 heavy (non-hydrogen) atoms. The molecule has 0 aliphatic heterocycles. The van der Waals surface area contributed by atoms with E-state index in [0.717, 1.165) is 17.5 Å². The molecule has 1 N–H and O–H groups in total. The van der Waals surface area contributed by atoms with E-state index in [4.69, 9.17) is 0 Å². The fraction of sp³-hybridized carbons (Fsp3) is 0.200. The first-order valence-electron chi connectivity index (χ1n) is 5.74. The van der Waals surface area contributed by atoms with Crippen LogP contribution in [0.25, 0.3) is 0 Å². The minimum atomic E-state index is -0.896. The summed E-state index contributed by atoms with van der Waals surface area (Å²) in [5.41, 5.74) is 2.15. The van der Waals surface area contributed by atoms with Gasteiger partial charge in [0.05, 0.1) is 0 Å². The van der Waals surface area contributed by atoms with Crippen molar-refractivity contribution >= 4 is 0 Å². The van der Waals surface area contributed by atoms with Gasteiger partial charge in [-0.05, 0) is 23.6 Å². The summed E-state index contributed by atoms with van der Waals surface area (Å²) in [6, 6.07) is 13.9. The Morgan fingerprint density at radius 3 is 2.24 bits per heavy atom. The predicted molar refractivity (Wildman–Crippen MR) is 66.3 cm³/mol. The van der Waals surface area contributed by atoms with Gasteiger partial charge in [-0.15, -0.1) is 0 Å². The molecule has 0 spiro atoms. The van der Waals surface area contributed by atoms with Gasteiger partial charge in [-0.25, -0.2) is 4.39 Å². The summed E-state index contributed by atoms with van der Waals surface area (Å²) in [7, 11) is 0. The molecule has 1 unspecified atom stereocenters. The molecule has 0 aromatic heterocycles. The van der Waals surface area contributed by atoms with Crippen molar-refractivity contribution < 1.29 is 9.50 Å². The lowest BCUT2D eigenvalue weighted by molar-refractivity contribution is 0.214. The summed E-state index contributed by atoms with van der Waals surface area (Å²) in [5.74, 6) is -0.370. The van der Waals surface area contributed by atoms with Crippen LogP contribution < -0.4 is 0 Å². The van der Waals surface area contributed by atoms with Crippen LogP contribution in [0, 0.1) is 5.82 Å². The molecule has 0 heterocycles. The van der Waals surface area contributed by atoms with Gasteiger partial charge in [-0.3, -0.25) is 0 Å². The zero-order valence-electron chi connectivity index (χ0n) is 9.73. The molecule has 0 aliphatic rings. The Kier molecular flexibility index (Phi) is 3.55. The molecule has 2 aromatic rings. The Morgan fingerprint density at radius 2 is 1.59 bits per heavy atom. The summed E-state index contributed by atoms with van der Waals surface area (Å²) < 4.78 is 13.6. The Bertz CT molecular complexity index is 508. The van der Waals surface area contributed by atoms with E-state index in [1.165, 1.54) is 6.07 Å². The maximum atomic E-state index is 13.6. The number of aliphatic hydroxyl groups is 1. The average Bonchev–Trinajstić information content (AvgIpc) is 2.38. The van der Waals surface area contributed by atoms with Crippen LogP contribution in [0.4, 0.5) is 4.39 Å². The topological polar surface area (TPSA) is 20.2 Å². The van der Waals surface area contributed by atoms with Gasteiger partial charge in [-0.1, -0.05) is 49.4 Å². The van der Waals surface area contributed by atoms with Crippen molar-refractivity contribution in [3.63, 3.8) is 0 Å². The van der Waals surface area contributed by atoms with Crippen LogP contribution in [0.15, 0.2) is 48.5 Å². The first-order valence-corrected chi connectivity index (χ1v) is 5.74. The lowest BCUT2D eigenvalue weighted by Gasteiger charge is -2.15. The van der Waals surface area contributed by atoms with Gasteiger partial charge >= 0.3 is 0 Å². The van der Waals surface area contributed by atoms with Crippen LogP contribution in [-0.2, 0) is 6.42 Å². The minimum Gasteiger partial charge on any atom is -0.384 e. The third-order valence-corrected chi connectivity index (χ3v) is 2.93. The molecule has 0 aliphatic carbocycles. The van der Waals surface area contributed by atoms with Gasteiger partial charge in [0.25, 0.3) is 0 Å². The van der Waals surface area contributed by atoms with E-state index in [1.54, 1.807) is 18.2 Å². The largest absolute Gasteiger partial charge is 0.384 e. The monoisotopic (exact) mass is 230 g/mol. The van der Waals surface area contributed by atoms with Gasteiger partial charge in [0, 0.05) is 5.56 Å². The van der Waals surface area contributed by atoms with Crippen molar-refractivity contribution in [3.8, 4) is 0 Å². The number of halogens is 1. The molecule has 1 nitrogen and oxygen atoms in total. The van der Waals surface area contributed by atoms with E-state index in [1.807, 2.05) is 31.2 Å². The minimum absolute atomic E-state index is 0.327. The van der Waals surface area contributed by atoms with Crippen LogP contribution in [-0.4, -0.2) is 5.11 Å². The quantitative estimate of drug-likeness (QED) is 0.856.